The number of halogens is 1. The predicted octanol–water partition coefficient (Wildman–Crippen LogP) is 3.92. The highest BCUT2D eigenvalue weighted by atomic mass is 79.9. The predicted molar refractivity (Wildman–Crippen MR) is 96.9 cm³/mol. The van der Waals surface area contributed by atoms with Gasteiger partial charge in [0.15, 0.2) is 0 Å². The molecule has 1 aliphatic rings. The van der Waals surface area contributed by atoms with Crippen LogP contribution in [-0.4, -0.2) is 23.6 Å². The van der Waals surface area contributed by atoms with Gasteiger partial charge in [-0.15, -0.1) is 11.8 Å². The molecule has 1 N–H and O–H groups in total. The number of hydrogen-bond donors (Lipinski definition) is 1. The van der Waals surface area contributed by atoms with Gasteiger partial charge >= 0.3 is 0 Å². The van der Waals surface area contributed by atoms with E-state index in [9.17, 15) is 9.59 Å². The fraction of sp³-hybridized carbons (Fsp3) is 0.176. The van der Waals surface area contributed by atoms with Gasteiger partial charge in [0.25, 0.3) is 0 Å². The molecule has 0 aliphatic carbocycles. The molecule has 0 saturated heterocycles. The number of amides is 2. The summed E-state index contributed by atoms with van der Waals surface area (Å²) in [6, 6.07) is 15.2. The molecule has 0 aromatic heterocycles. The van der Waals surface area contributed by atoms with Gasteiger partial charge in [0.1, 0.15) is 6.54 Å². The molecule has 0 unspecified atom stereocenters. The lowest BCUT2D eigenvalue weighted by Crippen LogP contribution is -2.45. The highest BCUT2D eigenvalue weighted by Gasteiger charge is 2.29. The topological polar surface area (TPSA) is 49.4 Å². The number of nitrogens with zero attached hydrogens (tertiary/aromatic N) is 1. The molecule has 3 rings (SSSR count). The maximum Gasteiger partial charge on any atom is 0.244 e. The van der Waals surface area contributed by atoms with Crippen LogP contribution in [0.4, 0.5) is 11.4 Å². The van der Waals surface area contributed by atoms with Crippen LogP contribution in [0.5, 0.6) is 0 Å². The lowest BCUT2D eigenvalue weighted by Gasteiger charge is -2.30. The van der Waals surface area contributed by atoms with E-state index in [1.807, 2.05) is 49.4 Å². The first-order valence-electron chi connectivity index (χ1n) is 7.17. The molecule has 23 heavy (non-hydrogen) atoms. The highest BCUT2D eigenvalue weighted by molar-refractivity contribution is 9.10. The Morgan fingerprint density at radius 2 is 1.91 bits per heavy atom. The Morgan fingerprint density at radius 3 is 2.65 bits per heavy atom. The van der Waals surface area contributed by atoms with Gasteiger partial charge in [0, 0.05) is 9.37 Å². The minimum absolute atomic E-state index is 0.0566. The summed E-state index contributed by atoms with van der Waals surface area (Å²) in [4.78, 5) is 27.2. The first kappa shape index (κ1) is 16.1. The summed E-state index contributed by atoms with van der Waals surface area (Å²) in [6.07, 6.45) is 0. The van der Waals surface area contributed by atoms with Crippen LogP contribution in [-0.2, 0) is 9.59 Å². The van der Waals surface area contributed by atoms with Gasteiger partial charge < -0.3 is 5.32 Å². The van der Waals surface area contributed by atoms with Crippen LogP contribution in [0.1, 0.15) is 6.92 Å². The van der Waals surface area contributed by atoms with Gasteiger partial charge in [-0.05, 0) is 43.3 Å². The fourth-order valence-electron chi connectivity index (χ4n) is 2.42. The molecule has 2 aromatic rings. The van der Waals surface area contributed by atoms with Crippen molar-refractivity contribution in [2.24, 2.45) is 0 Å². The monoisotopic (exact) mass is 390 g/mol. The van der Waals surface area contributed by atoms with Crippen LogP contribution in [0, 0.1) is 0 Å². The zero-order valence-corrected chi connectivity index (χ0v) is 14.9. The number of anilines is 2. The molecule has 6 heteroatoms. The Kier molecular flexibility index (Phi) is 4.73. The summed E-state index contributed by atoms with van der Waals surface area (Å²) in [5.41, 5.74) is 1.43. The van der Waals surface area contributed by atoms with Crippen molar-refractivity contribution < 1.29 is 9.59 Å². The Balaban J connectivity index is 1.79. The van der Waals surface area contributed by atoms with E-state index in [0.29, 0.717) is 5.69 Å². The van der Waals surface area contributed by atoms with E-state index in [4.69, 9.17) is 0 Å². The van der Waals surface area contributed by atoms with Crippen molar-refractivity contribution in [3.63, 3.8) is 0 Å². The van der Waals surface area contributed by atoms with E-state index in [2.05, 4.69) is 21.2 Å². The summed E-state index contributed by atoms with van der Waals surface area (Å²) < 4.78 is 1.00. The van der Waals surface area contributed by atoms with E-state index in [0.717, 1.165) is 15.1 Å². The Bertz CT molecular complexity index is 749. The molecule has 1 aliphatic heterocycles. The molecule has 118 valence electrons. The number of thioether (sulfide) groups is 1. The lowest BCUT2D eigenvalue weighted by atomic mass is 10.2. The van der Waals surface area contributed by atoms with Crippen LogP contribution in [0.3, 0.4) is 0 Å². The molecular formula is C17H15BrN2O2S. The number of rotatable bonds is 3. The second-order valence-corrected chi connectivity index (χ2v) is 7.53. The first-order chi connectivity index (χ1) is 11.0. The van der Waals surface area contributed by atoms with Crippen molar-refractivity contribution in [2.45, 2.75) is 17.1 Å². The molecule has 0 radical (unpaired) electrons. The summed E-state index contributed by atoms with van der Waals surface area (Å²) in [5, 5.41) is 2.51. The summed E-state index contributed by atoms with van der Waals surface area (Å²) in [5.74, 6) is -0.238. The maximum atomic E-state index is 12.8. The molecule has 0 bridgehead atoms. The standard InChI is InChI=1S/C17H15BrN2O2S/c1-11(23-13-8-6-12(18)7-9-13)17(22)20-10-16(21)19-14-4-2-3-5-15(14)20/h2-9,11H,10H2,1H3,(H,19,21)/t11-/m0/s1. The number of para-hydroxylation sites is 2. The second kappa shape index (κ2) is 6.76. The Labute approximate surface area is 147 Å². The van der Waals surface area contributed by atoms with Gasteiger partial charge in [0.2, 0.25) is 11.8 Å². The smallest absolute Gasteiger partial charge is 0.244 e. The molecule has 1 heterocycles. The minimum atomic E-state index is -0.282. The number of benzene rings is 2. The molecule has 0 fully saturated rings. The third kappa shape index (κ3) is 3.59. The molecule has 2 amide bonds. The molecule has 0 spiro atoms. The number of fused-ring (bicyclic) bond motifs is 1. The molecular weight excluding hydrogens is 376 g/mol. The highest BCUT2D eigenvalue weighted by Crippen LogP contribution is 2.32. The lowest BCUT2D eigenvalue weighted by molar-refractivity contribution is -0.121. The van der Waals surface area contributed by atoms with Crippen molar-refractivity contribution in [1.29, 1.82) is 0 Å². The number of nitrogens with one attached hydrogen (secondary N) is 1. The molecule has 2 aromatic carbocycles. The third-order valence-electron chi connectivity index (χ3n) is 3.51. The average molecular weight is 391 g/mol. The third-order valence-corrected chi connectivity index (χ3v) is 5.14. The summed E-state index contributed by atoms with van der Waals surface area (Å²) in [6.45, 7) is 1.92. The van der Waals surface area contributed by atoms with Crippen LogP contribution >= 0.6 is 27.7 Å². The SMILES string of the molecule is C[C@H](Sc1ccc(Br)cc1)C(=O)N1CC(=O)Nc2ccccc21. The van der Waals surface area contributed by atoms with Crippen molar-refractivity contribution in [2.75, 3.05) is 16.8 Å². The molecule has 4 nitrogen and oxygen atoms in total. The van der Waals surface area contributed by atoms with Crippen molar-refractivity contribution >= 4 is 50.9 Å². The van der Waals surface area contributed by atoms with Gasteiger partial charge in [0.05, 0.1) is 16.6 Å². The van der Waals surface area contributed by atoms with Crippen molar-refractivity contribution in [3.8, 4) is 0 Å². The number of carbonyl (C=O) groups is 2. The van der Waals surface area contributed by atoms with Crippen LogP contribution in [0.25, 0.3) is 0 Å². The van der Waals surface area contributed by atoms with E-state index in [-0.39, 0.29) is 23.6 Å². The van der Waals surface area contributed by atoms with Crippen molar-refractivity contribution in [1.82, 2.24) is 0 Å². The van der Waals surface area contributed by atoms with Crippen LogP contribution in [0.15, 0.2) is 57.9 Å². The fourth-order valence-corrected chi connectivity index (χ4v) is 3.61. The zero-order chi connectivity index (χ0) is 16.4. The number of carbonyl (C=O) groups excluding carboxylic acids is 2. The van der Waals surface area contributed by atoms with Crippen LogP contribution in [0.2, 0.25) is 0 Å². The zero-order valence-electron chi connectivity index (χ0n) is 12.5. The minimum Gasteiger partial charge on any atom is -0.323 e. The van der Waals surface area contributed by atoms with Gasteiger partial charge in [-0.2, -0.15) is 0 Å². The second-order valence-electron chi connectivity index (χ2n) is 5.20. The normalized spacial score (nSPS) is 14.9. The first-order valence-corrected chi connectivity index (χ1v) is 8.84. The number of hydrogen-bond acceptors (Lipinski definition) is 3. The van der Waals surface area contributed by atoms with E-state index in [1.54, 1.807) is 11.0 Å². The van der Waals surface area contributed by atoms with Gasteiger partial charge in [-0.1, -0.05) is 28.1 Å². The van der Waals surface area contributed by atoms with E-state index in [1.165, 1.54) is 11.8 Å². The van der Waals surface area contributed by atoms with Gasteiger partial charge in [-0.3, -0.25) is 14.5 Å². The quantitative estimate of drug-likeness (QED) is 0.808. The largest absolute Gasteiger partial charge is 0.323 e. The van der Waals surface area contributed by atoms with E-state index < -0.39 is 0 Å². The Morgan fingerprint density at radius 1 is 1.22 bits per heavy atom. The maximum absolute atomic E-state index is 12.8. The molecule has 1 atom stereocenters. The molecule has 0 saturated carbocycles. The van der Waals surface area contributed by atoms with E-state index >= 15 is 0 Å². The summed E-state index contributed by atoms with van der Waals surface area (Å²) in [7, 11) is 0. The van der Waals surface area contributed by atoms with Gasteiger partial charge in [-0.25, -0.2) is 0 Å². The summed E-state index contributed by atoms with van der Waals surface area (Å²) >= 11 is 4.89. The Hall–Kier alpha value is -1.79. The van der Waals surface area contributed by atoms with Crippen LogP contribution < -0.4 is 10.2 Å². The average Bonchev–Trinajstić information content (AvgIpc) is 2.55. The van der Waals surface area contributed by atoms with Crippen molar-refractivity contribution in [3.05, 3.63) is 53.0 Å².